The monoisotopic (exact) mass is 229 g/mol. The van der Waals surface area contributed by atoms with Crippen molar-refractivity contribution in [3.63, 3.8) is 0 Å². The summed E-state index contributed by atoms with van der Waals surface area (Å²) in [7, 11) is -3.52. The third kappa shape index (κ3) is 3.14. The van der Waals surface area contributed by atoms with Crippen LogP contribution in [0.25, 0.3) is 6.08 Å². The fourth-order valence-corrected chi connectivity index (χ4v) is 1.88. The summed E-state index contributed by atoms with van der Waals surface area (Å²) >= 11 is 0. The van der Waals surface area contributed by atoms with Gasteiger partial charge in [-0.1, -0.05) is 18.2 Å². The van der Waals surface area contributed by atoms with E-state index in [-0.39, 0.29) is 4.90 Å². The van der Waals surface area contributed by atoms with Crippen molar-refractivity contribution < 1.29 is 12.8 Å². The zero-order valence-electron chi connectivity index (χ0n) is 8.27. The molecule has 0 unspecified atom stereocenters. The second-order valence-corrected chi connectivity index (χ2v) is 5.08. The Bertz CT molecular complexity index is 480. The zero-order chi connectivity index (χ0) is 11.5. The molecule has 0 bridgehead atoms. The van der Waals surface area contributed by atoms with Crippen LogP contribution in [-0.4, -0.2) is 21.2 Å². The van der Waals surface area contributed by atoms with Gasteiger partial charge in [-0.15, -0.1) is 0 Å². The maximum Gasteiger partial charge on any atom is 0.178 e. The largest absolute Gasteiger partial charge is 0.327 e. The lowest BCUT2D eigenvalue weighted by Crippen LogP contribution is -2.01. The number of sulfone groups is 1. The second-order valence-electron chi connectivity index (χ2n) is 3.10. The first-order chi connectivity index (χ1) is 6.95. The quantitative estimate of drug-likeness (QED) is 0.847. The summed E-state index contributed by atoms with van der Waals surface area (Å²) in [5, 5.41) is 0. The molecule has 0 aromatic heterocycles. The van der Waals surface area contributed by atoms with Gasteiger partial charge in [0.1, 0.15) is 10.7 Å². The molecule has 0 radical (unpaired) electrons. The molecule has 0 saturated carbocycles. The molecule has 1 aromatic carbocycles. The van der Waals surface area contributed by atoms with Crippen LogP contribution >= 0.6 is 0 Å². The molecule has 82 valence electrons. The van der Waals surface area contributed by atoms with Crippen LogP contribution in [-0.2, 0) is 9.84 Å². The molecule has 5 heteroatoms. The highest BCUT2D eigenvalue weighted by Gasteiger charge is 2.13. The van der Waals surface area contributed by atoms with Crippen LogP contribution in [0.5, 0.6) is 0 Å². The van der Waals surface area contributed by atoms with E-state index >= 15 is 0 Å². The number of nitrogens with two attached hydrogens (primary N) is 1. The Morgan fingerprint density at radius 1 is 1.47 bits per heavy atom. The summed E-state index contributed by atoms with van der Waals surface area (Å²) < 4.78 is 35.5. The van der Waals surface area contributed by atoms with Gasteiger partial charge >= 0.3 is 0 Å². The molecule has 0 saturated heterocycles. The summed E-state index contributed by atoms with van der Waals surface area (Å²) in [5.74, 6) is -0.734. The molecular formula is C10H12FNO2S. The Kier molecular flexibility index (Phi) is 3.60. The number of rotatable bonds is 3. The Balaban J connectivity index is 3.23. The normalized spacial score (nSPS) is 12.2. The number of halogens is 1. The van der Waals surface area contributed by atoms with Crippen molar-refractivity contribution in [3.05, 3.63) is 35.7 Å². The van der Waals surface area contributed by atoms with E-state index in [0.717, 1.165) is 12.3 Å². The third-order valence-electron chi connectivity index (χ3n) is 1.80. The predicted molar refractivity (Wildman–Crippen MR) is 57.6 cm³/mol. The number of hydrogen-bond acceptors (Lipinski definition) is 3. The van der Waals surface area contributed by atoms with Gasteiger partial charge in [-0.25, -0.2) is 12.8 Å². The van der Waals surface area contributed by atoms with Crippen LogP contribution < -0.4 is 5.73 Å². The summed E-state index contributed by atoms with van der Waals surface area (Å²) in [5.41, 5.74) is 5.86. The maximum absolute atomic E-state index is 13.2. The van der Waals surface area contributed by atoms with Crippen LogP contribution in [0, 0.1) is 5.82 Å². The van der Waals surface area contributed by atoms with Crippen LogP contribution in [0.2, 0.25) is 0 Å². The lowest BCUT2D eigenvalue weighted by molar-refractivity contribution is 0.570. The second kappa shape index (κ2) is 4.55. The van der Waals surface area contributed by atoms with Crippen molar-refractivity contribution in [1.82, 2.24) is 0 Å². The minimum atomic E-state index is -3.52. The average molecular weight is 229 g/mol. The van der Waals surface area contributed by atoms with E-state index in [1.165, 1.54) is 12.1 Å². The lowest BCUT2D eigenvalue weighted by atomic mass is 10.2. The van der Waals surface area contributed by atoms with Gasteiger partial charge in [-0.3, -0.25) is 0 Å². The molecule has 0 aliphatic carbocycles. The van der Waals surface area contributed by atoms with Gasteiger partial charge in [0, 0.05) is 12.8 Å². The van der Waals surface area contributed by atoms with Gasteiger partial charge in [-0.05, 0) is 17.7 Å². The van der Waals surface area contributed by atoms with E-state index in [0.29, 0.717) is 12.1 Å². The number of benzene rings is 1. The summed E-state index contributed by atoms with van der Waals surface area (Å²) in [6.45, 7) is 0.353. The number of hydrogen-bond donors (Lipinski definition) is 1. The molecule has 0 fully saturated rings. The summed E-state index contributed by atoms with van der Waals surface area (Å²) in [6, 6.07) is 3.92. The Labute approximate surface area is 88.3 Å². The first-order valence-corrected chi connectivity index (χ1v) is 6.20. The molecule has 1 rings (SSSR count). The molecule has 2 N–H and O–H groups in total. The van der Waals surface area contributed by atoms with Gasteiger partial charge in [0.2, 0.25) is 0 Å². The van der Waals surface area contributed by atoms with Crippen LogP contribution in [0.4, 0.5) is 4.39 Å². The molecular weight excluding hydrogens is 217 g/mol. The van der Waals surface area contributed by atoms with Crippen molar-refractivity contribution in [1.29, 1.82) is 0 Å². The van der Waals surface area contributed by atoms with Crippen molar-refractivity contribution in [2.75, 3.05) is 12.8 Å². The van der Waals surface area contributed by atoms with E-state index in [1.807, 2.05) is 0 Å². The molecule has 0 amide bonds. The predicted octanol–water partition coefficient (Wildman–Crippen LogP) is 1.20. The molecule has 0 atom stereocenters. The first-order valence-electron chi connectivity index (χ1n) is 4.31. The van der Waals surface area contributed by atoms with E-state index < -0.39 is 15.7 Å². The van der Waals surface area contributed by atoms with Crippen LogP contribution in [0.1, 0.15) is 5.56 Å². The first kappa shape index (κ1) is 11.9. The Hall–Kier alpha value is -1.20. The molecule has 3 nitrogen and oxygen atoms in total. The highest BCUT2D eigenvalue weighted by atomic mass is 32.2. The molecule has 0 heterocycles. The summed E-state index contributed by atoms with van der Waals surface area (Å²) in [4.78, 5) is -0.290. The van der Waals surface area contributed by atoms with E-state index in [4.69, 9.17) is 5.73 Å². The van der Waals surface area contributed by atoms with E-state index in [9.17, 15) is 12.8 Å². The highest BCUT2D eigenvalue weighted by molar-refractivity contribution is 7.90. The maximum atomic E-state index is 13.2. The van der Waals surface area contributed by atoms with Crippen LogP contribution in [0.15, 0.2) is 29.2 Å². The summed E-state index contributed by atoms with van der Waals surface area (Å²) in [6.07, 6.45) is 4.29. The smallest absolute Gasteiger partial charge is 0.178 e. The SMILES string of the molecule is CS(=O)(=O)c1cc(/C=C/CN)ccc1F. The van der Waals surface area contributed by atoms with Crippen LogP contribution in [0.3, 0.4) is 0 Å². The standard InChI is InChI=1S/C10H12FNO2S/c1-15(13,14)10-7-8(3-2-6-12)4-5-9(10)11/h2-5,7H,6,12H2,1H3/b3-2+. The Morgan fingerprint density at radius 3 is 2.67 bits per heavy atom. The molecule has 0 aliphatic rings. The van der Waals surface area contributed by atoms with Crippen molar-refractivity contribution in [3.8, 4) is 0 Å². The van der Waals surface area contributed by atoms with Gasteiger partial charge in [0.25, 0.3) is 0 Å². The van der Waals surface area contributed by atoms with Gasteiger partial charge in [0.05, 0.1) is 0 Å². The van der Waals surface area contributed by atoms with Gasteiger partial charge < -0.3 is 5.73 Å². The van der Waals surface area contributed by atoms with Crippen molar-refractivity contribution in [2.24, 2.45) is 5.73 Å². The molecule has 0 aliphatic heterocycles. The molecule has 0 spiro atoms. The van der Waals surface area contributed by atoms with E-state index in [1.54, 1.807) is 12.2 Å². The topological polar surface area (TPSA) is 60.2 Å². The molecule has 15 heavy (non-hydrogen) atoms. The van der Waals surface area contributed by atoms with Gasteiger partial charge in [0.15, 0.2) is 9.84 Å². The molecule has 1 aromatic rings. The van der Waals surface area contributed by atoms with Crippen molar-refractivity contribution in [2.45, 2.75) is 4.90 Å². The fourth-order valence-electron chi connectivity index (χ4n) is 1.11. The van der Waals surface area contributed by atoms with E-state index in [2.05, 4.69) is 0 Å². The van der Waals surface area contributed by atoms with Crippen molar-refractivity contribution >= 4 is 15.9 Å². The lowest BCUT2D eigenvalue weighted by Gasteiger charge is -2.01. The minimum absolute atomic E-state index is 0.290. The minimum Gasteiger partial charge on any atom is -0.327 e. The Morgan fingerprint density at radius 2 is 2.13 bits per heavy atom. The zero-order valence-corrected chi connectivity index (χ0v) is 9.09. The average Bonchev–Trinajstić information content (AvgIpc) is 2.15. The van der Waals surface area contributed by atoms with Gasteiger partial charge in [-0.2, -0.15) is 0 Å². The third-order valence-corrected chi connectivity index (χ3v) is 2.91. The fraction of sp³-hybridized carbons (Fsp3) is 0.200. The highest BCUT2D eigenvalue weighted by Crippen LogP contribution is 2.16.